The van der Waals surface area contributed by atoms with E-state index in [-0.39, 0.29) is 12.1 Å². The van der Waals surface area contributed by atoms with Crippen molar-refractivity contribution in [2.45, 2.75) is 56.0 Å². The molecule has 0 radical (unpaired) electrons. The molecular weight excluding hydrogens is 362 g/mol. The maximum absolute atomic E-state index is 13.0. The van der Waals surface area contributed by atoms with Gasteiger partial charge in [-0.1, -0.05) is 13.0 Å². The number of halogens is 2. The van der Waals surface area contributed by atoms with Crippen molar-refractivity contribution in [3.63, 3.8) is 0 Å². The van der Waals surface area contributed by atoms with E-state index >= 15 is 0 Å². The summed E-state index contributed by atoms with van der Waals surface area (Å²) in [5.41, 5.74) is 0.813. The van der Waals surface area contributed by atoms with E-state index in [2.05, 4.69) is 15.9 Å². The minimum atomic E-state index is -3.48. The molecule has 0 aromatic heterocycles. The summed E-state index contributed by atoms with van der Waals surface area (Å²) in [7, 11) is -3.48. The fourth-order valence-electron chi connectivity index (χ4n) is 2.81. The van der Waals surface area contributed by atoms with E-state index in [0.29, 0.717) is 15.2 Å². The van der Waals surface area contributed by atoms with Gasteiger partial charge in [0.2, 0.25) is 10.0 Å². The van der Waals surface area contributed by atoms with Crippen LogP contribution in [-0.4, -0.2) is 24.8 Å². The summed E-state index contributed by atoms with van der Waals surface area (Å²) in [5, 5.41) is 0. The molecule has 0 aliphatic carbocycles. The zero-order chi connectivity index (χ0) is 14.9. The van der Waals surface area contributed by atoms with Gasteiger partial charge in [0.25, 0.3) is 0 Å². The number of nitrogens with zero attached hydrogens (tertiary/aromatic N) is 1. The van der Waals surface area contributed by atoms with Crippen LogP contribution in [-0.2, 0) is 15.9 Å². The van der Waals surface area contributed by atoms with Crippen LogP contribution in [0.3, 0.4) is 0 Å². The highest BCUT2D eigenvalue weighted by Gasteiger charge is 2.39. The highest BCUT2D eigenvalue weighted by molar-refractivity contribution is 9.10. The molecule has 6 heteroatoms. The first-order valence-electron chi connectivity index (χ1n) is 6.79. The number of alkyl halides is 1. The van der Waals surface area contributed by atoms with Crippen molar-refractivity contribution in [1.29, 1.82) is 0 Å². The standard InChI is InChI=1S/C14H19BrClNO2S/c1-3-12-6-4-10(2)17(12)20(18,19)14-8-11(9-16)5-7-13(14)15/h5,7-8,10,12H,3-4,6,9H2,1-2H3. The van der Waals surface area contributed by atoms with E-state index < -0.39 is 10.0 Å². The zero-order valence-electron chi connectivity index (χ0n) is 11.6. The monoisotopic (exact) mass is 379 g/mol. The second-order valence-electron chi connectivity index (χ2n) is 5.22. The summed E-state index contributed by atoms with van der Waals surface area (Å²) < 4.78 is 28.2. The molecule has 1 aliphatic heterocycles. The van der Waals surface area contributed by atoms with Crippen LogP contribution in [0.4, 0.5) is 0 Å². The molecule has 1 fully saturated rings. The first-order chi connectivity index (χ1) is 9.41. The predicted octanol–water partition coefficient (Wildman–Crippen LogP) is 4.14. The van der Waals surface area contributed by atoms with Gasteiger partial charge < -0.3 is 0 Å². The maximum atomic E-state index is 13.0. The second kappa shape index (κ2) is 6.34. The van der Waals surface area contributed by atoms with Gasteiger partial charge in [0.05, 0.1) is 4.90 Å². The summed E-state index contributed by atoms with van der Waals surface area (Å²) in [5.74, 6) is 0.308. The van der Waals surface area contributed by atoms with Crippen molar-refractivity contribution in [2.75, 3.05) is 0 Å². The number of benzene rings is 1. The summed E-state index contributed by atoms with van der Waals surface area (Å²) in [6.07, 6.45) is 2.70. The van der Waals surface area contributed by atoms with E-state index in [9.17, 15) is 8.42 Å². The van der Waals surface area contributed by atoms with Crippen LogP contribution in [0.15, 0.2) is 27.6 Å². The van der Waals surface area contributed by atoms with Crippen LogP contribution >= 0.6 is 27.5 Å². The average molecular weight is 381 g/mol. The van der Waals surface area contributed by atoms with Crippen LogP contribution in [0, 0.1) is 0 Å². The number of sulfonamides is 1. The normalized spacial score (nSPS) is 24.2. The molecule has 2 atom stereocenters. The van der Waals surface area contributed by atoms with Crippen molar-refractivity contribution < 1.29 is 8.42 Å². The molecule has 0 bridgehead atoms. The van der Waals surface area contributed by atoms with Gasteiger partial charge in [0.1, 0.15) is 0 Å². The molecule has 1 saturated heterocycles. The molecule has 3 nitrogen and oxygen atoms in total. The molecule has 112 valence electrons. The van der Waals surface area contributed by atoms with Gasteiger partial charge in [-0.3, -0.25) is 0 Å². The van der Waals surface area contributed by atoms with Gasteiger partial charge in [-0.25, -0.2) is 8.42 Å². The third kappa shape index (κ3) is 2.91. The molecular formula is C14H19BrClNO2S. The molecule has 0 saturated carbocycles. The molecule has 1 aromatic rings. The summed E-state index contributed by atoms with van der Waals surface area (Å²) in [6, 6.07) is 5.41. The Morgan fingerprint density at radius 1 is 1.40 bits per heavy atom. The zero-order valence-corrected chi connectivity index (χ0v) is 14.8. The molecule has 1 aliphatic rings. The Morgan fingerprint density at radius 3 is 2.70 bits per heavy atom. The molecule has 20 heavy (non-hydrogen) atoms. The largest absolute Gasteiger partial charge is 0.244 e. The van der Waals surface area contributed by atoms with E-state index in [1.54, 1.807) is 16.4 Å². The van der Waals surface area contributed by atoms with Crippen LogP contribution in [0.2, 0.25) is 0 Å². The molecule has 1 heterocycles. The lowest BCUT2D eigenvalue weighted by Gasteiger charge is -2.27. The van der Waals surface area contributed by atoms with Gasteiger partial charge in [0, 0.05) is 22.4 Å². The van der Waals surface area contributed by atoms with Gasteiger partial charge in [0.15, 0.2) is 0 Å². The fourth-order valence-corrected chi connectivity index (χ4v) is 5.90. The summed E-state index contributed by atoms with van der Waals surface area (Å²) in [4.78, 5) is 0.322. The SMILES string of the molecule is CCC1CCC(C)N1S(=O)(=O)c1cc(CCl)ccc1Br. The Kier molecular flexibility index (Phi) is 5.16. The molecule has 1 aromatic carbocycles. The molecule has 0 amide bonds. The highest BCUT2D eigenvalue weighted by atomic mass is 79.9. The molecule has 0 N–H and O–H groups in total. The van der Waals surface area contributed by atoms with Crippen molar-refractivity contribution in [3.8, 4) is 0 Å². The Labute approximate surface area is 134 Å². The van der Waals surface area contributed by atoms with E-state index in [4.69, 9.17) is 11.6 Å². The lowest BCUT2D eigenvalue weighted by atomic mass is 10.2. The summed E-state index contributed by atoms with van der Waals surface area (Å²) in [6.45, 7) is 4.02. The molecule has 2 unspecified atom stereocenters. The Morgan fingerprint density at radius 2 is 2.10 bits per heavy atom. The lowest BCUT2D eigenvalue weighted by molar-refractivity contribution is 0.328. The number of hydrogen-bond donors (Lipinski definition) is 0. The van der Waals surface area contributed by atoms with Crippen molar-refractivity contribution in [3.05, 3.63) is 28.2 Å². The van der Waals surface area contributed by atoms with Gasteiger partial charge in [-0.05, 0) is 59.8 Å². The maximum Gasteiger partial charge on any atom is 0.244 e. The smallest absolute Gasteiger partial charge is 0.207 e. The Bertz CT molecular complexity index is 591. The van der Waals surface area contributed by atoms with E-state index in [1.807, 2.05) is 19.9 Å². The third-order valence-electron chi connectivity index (χ3n) is 3.89. The minimum Gasteiger partial charge on any atom is -0.207 e. The second-order valence-corrected chi connectivity index (χ2v) is 8.15. The van der Waals surface area contributed by atoms with Crippen LogP contribution < -0.4 is 0 Å². The summed E-state index contributed by atoms with van der Waals surface area (Å²) >= 11 is 9.18. The first-order valence-corrected chi connectivity index (χ1v) is 9.56. The van der Waals surface area contributed by atoms with E-state index in [1.165, 1.54) is 0 Å². The van der Waals surface area contributed by atoms with Crippen LogP contribution in [0.25, 0.3) is 0 Å². The third-order valence-corrected chi connectivity index (χ3v) is 7.26. The van der Waals surface area contributed by atoms with Crippen LogP contribution in [0.5, 0.6) is 0 Å². The van der Waals surface area contributed by atoms with Gasteiger partial charge >= 0.3 is 0 Å². The topological polar surface area (TPSA) is 37.4 Å². The number of hydrogen-bond acceptors (Lipinski definition) is 2. The average Bonchev–Trinajstić information content (AvgIpc) is 2.81. The van der Waals surface area contributed by atoms with E-state index in [0.717, 1.165) is 24.8 Å². The quantitative estimate of drug-likeness (QED) is 0.736. The molecule has 0 spiro atoms. The lowest BCUT2D eigenvalue weighted by Crippen LogP contribution is -2.39. The highest BCUT2D eigenvalue weighted by Crippen LogP contribution is 2.35. The fraction of sp³-hybridized carbons (Fsp3) is 0.571. The van der Waals surface area contributed by atoms with Crippen molar-refractivity contribution >= 4 is 37.6 Å². The van der Waals surface area contributed by atoms with Crippen LogP contribution in [0.1, 0.15) is 38.7 Å². The van der Waals surface area contributed by atoms with Crippen molar-refractivity contribution in [1.82, 2.24) is 4.31 Å². The number of rotatable bonds is 4. The van der Waals surface area contributed by atoms with Gasteiger partial charge in [-0.15, -0.1) is 11.6 Å². The molecule has 2 rings (SSSR count). The predicted molar refractivity (Wildman–Crippen MR) is 85.5 cm³/mol. The van der Waals surface area contributed by atoms with Gasteiger partial charge in [-0.2, -0.15) is 4.31 Å². The Balaban J connectivity index is 2.49. The minimum absolute atomic E-state index is 0.0523. The first kappa shape index (κ1) is 16.3. The Hall–Kier alpha value is -0.100. The van der Waals surface area contributed by atoms with Crippen molar-refractivity contribution in [2.24, 2.45) is 0 Å².